The second-order valence-corrected chi connectivity index (χ2v) is 8.64. The van der Waals surface area contributed by atoms with Gasteiger partial charge in [-0.25, -0.2) is 4.31 Å². The Bertz CT molecular complexity index is 614. The van der Waals surface area contributed by atoms with E-state index in [1.807, 2.05) is 6.92 Å². The molecule has 1 saturated carbocycles. The van der Waals surface area contributed by atoms with Gasteiger partial charge in [0.25, 0.3) is 0 Å². The molecular formula is C21H33N5S. The molecule has 1 saturated heterocycles. The van der Waals surface area contributed by atoms with Crippen molar-refractivity contribution in [2.24, 2.45) is 21.8 Å². The zero-order chi connectivity index (χ0) is 19.6. The second-order valence-electron chi connectivity index (χ2n) is 7.33. The van der Waals surface area contributed by atoms with E-state index >= 15 is 0 Å². The van der Waals surface area contributed by atoms with Gasteiger partial charge in [-0.2, -0.15) is 0 Å². The third-order valence-electron chi connectivity index (χ3n) is 5.19. The lowest BCUT2D eigenvalue weighted by atomic mass is 9.97. The van der Waals surface area contributed by atoms with Crippen LogP contribution in [0.1, 0.15) is 46.0 Å². The number of nitrogens with one attached hydrogen (secondary N) is 2. The SMILES string of the molecule is C=CNC(=N/C1CCN(SC(C)=N)CC1)/C(/C=C\C1CCCC1C)=C\N=C. The smallest absolute Gasteiger partial charge is 0.134 e. The molecule has 0 aromatic carbocycles. The number of hydrogen-bond acceptors (Lipinski definition) is 5. The van der Waals surface area contributed by atoms with Crippen molar-refractivity contribution in [2.45, 2.75) is 52.0 Å². The van der Waals surface area contributed by atoms with Gasteiger partial charge in [-0.05, 0) is 62.9 Å². The highest BCUT2D eigenvalue weighted by molar-refractivity contribution is 8.11. The number of amidine groups is 1. The number of aliphatic imine (C=N–C) groups is 2. The largest absolute Gasteiger partial charge is 0.347 e. The van der Waals surface area contributed by atoms with Crippen LogP contribution < -0.4 is 5.32 Å². The third kappa shape index (κ3) is 7.11. The minimum absolute atomic E-state index is 0.266. The average Bonchev–Trinajstić information content (AvgIpc) is 3.04. The van der Waals surface area contributed by atoms with E-state index in [0.717, 1.165) is 43.3 Å². The molecule has 148 valence electrons. The molecule has 0 bridgehead atoms. The first-order valence-corrected chi connectivity index (χ1v) is 10.6. The van der Waals surface area contributed by atoms with Gasteiger partial charge in [0.15, 0.2) is 0 Å². The van der Waals surface area contributed by atoms with Gasteiger partial charge >= 0.3 is 0 Å². The Balaban J connectivity index is 2.08. The fourth-order valence-corrected chi connectivity index (χ4v) is 4.48. The van der Waals surface area contributed by atoms with Gasteiger partial charge in [-0.3, -0.25) is 15.4 Å². The van der Waals surface area contributed by atoms with Crippen LogP contribution in [0.2, 0.25) is 0 Å². The van der Waals surface area contributed by atoms with Crippen LogP contribution in [0.4, 0.5) is 0 Å². The van der Waals surface area contributed by atoms with Gasteiger partial charge in [-0.1, -0.05) is 38.5 Å². The van der Waals surface area contributed by atoms with Crippen LogP contribution in [0.25, 0.3) is 0 Å². The molecule has 6 heteroatoms. The van der Waals surface area contributed by atoms with Crippen molar-refractivity contribution in [3.63, 3.8) is 0 Å². The van der Waals surface area contributed by atoms with Crippen molar-refractivity contribution in [2.75, 3.05) is 13.1 Å². The fourth-order valence-electron chi connectivity index (χ4n) is 3.70. The summed E-state index contributed by atoms with van der Waals surface area (Å²) in [6, 6.07) is 0.266. The molecule has 27 heavy (non-hydrogen) atoms. The number of nitrogens with zero attached hydrogens (tertiary/aromatic N) is 3. The first kappa shape index (κ1) is 21.6. The molecule has 2 atom stereocenters. The summed E-state index contributed by atoms with van der Waals surface area (Å²) in [5.41, 5.74) is 0.955. The molecule has 1 aliphatic carbocycles. The first-order chi connectivity index (χ1) is 13.0. The van der Waals surface area contributed by atoms with E-state index in [9.17, 15) is 0 Å². The van der Waals surface area contributed by atoms with Crippen molar-refractivity contribution >= 4 is 29.5 Å². The quantitative estimate of drug-likeness (QED) is 0.285. The lowest BCUT2D eigenvalue weighted by molar-refractivity contribution is 0.349. The van der Waals surface area contributed by atoms with E-state index in [2.05, 4.69) is 47.0 Å². The highest BCUT2D eigenvalue weighted by Gasteiger charge is 2.22. The van der Waals surface area contributed by atoms with Gasteiger partial charge in [0.05, 0.1) is 11.1 Å². The molecular weight excluding hydrogens is 354 g/mol. The normalized spacial score (nSPS) is 25.7. The average molecular weight is 388 g/mol. The van der Waals surface area contributed by atoms with Crippen LogP contribution in [-0.2, 0) is 0 Å². The Morgan fingerprint density at radius 2 is 2.00 bits per heavy atom. The van der Waals surface area contributed by atoms with Crippen molar-refractivity contribution in [1.29, 1.82) is 5.41 Å². The molecule has 2 unspecified atom stereocenters. The van der Waals surface area contributed by atoms with Gasteiger partial charge < -0.3 is 5.32 Å². The summed E-state index contributed by atoms with van der Waals surface area (Å²) in [5, 5.41) is 11.5. The summed E-state index contributed by atoms with van der Waals surface area (Å²) in [6.45, 7) is 13.5. The van der Waals surface area contributed by atoms with E-state index in [-0.39, 0.29) is 6.04 Å². The fraction of sp³-hybridized carbons (Fsp3) is 0.571. The minimum atomic E-state index is 0.266. The Hall–Kier alpha value is -1.66. The monoisotopic (exact) mass is 387 g/mol. The predicted molar refractivity (Wildman–Crippen MR) is 120 cm³/mol. The van der Waals surface area contributed by atoms with Crippen molar-refractivity contribution in [3.05, 3.63) is 36.7 Å². The summed E-state index contributed by atoms with van der Waals surface area (Å²) >= 11 is 1.53. The summed E-state index contributed by atoms with van der Waals surface area (Å²) in [6.07, 6.45) is 13.7. The summed E-state index contributed by atoms with van der Waals surface area (Å²) in [4.78, 5) is 8.95. The maximum atomic E-state index is 7.62. The lowest BCUT2D eigenvalue weighted by Gasteiger charge is -2.29. The van der Waals surface area contributed by atoms with E-state index < -0.39 is 0 Å². The molecule has 0 amide bonds. The standard InChI is InChI=1S/C21H33N5S/c1-5-24-21(25-20-11-13-26(14-12-20)27-17(3)22)19(15-23-4)10-9-18-8-6-7-16(18)2/h5,9-10,15-16,18,20,22H,1,4,6-8,11-14H2,2-3H3,(H,24,25)/b10-9-,19-15-,22-17?. The number of allylic oxidation sites excluding steroid dienone is 1. The molecule has 2 rings (SSSR count). The van der Waals surface area contributed by atoms with Crippen molar-refractivity contribution in [1.82, 2.24) is 9.62 Å². The van der Waals surface area contributed by atoms with Crippen LogP contribution in [0.5, 0.6) is 0 Å². The molecule has 1 heterocycles. The zero-order valence-electron chi connectivity index (χ0n) is 16.7. The summed E-state index contributed by atoms with van der Waals surface area (Å²) < 4.78 is 2.25. The first-order valence-electron chi connectivity index (χ1n) is 9.81. The molecule has 2 aliphatic rings. The molecule has 0 spiro atoms. The second kappa shape index (κ2) is 11.2. The van der Waals surface area contributed by atoms with Gasteiger partial charge in [0.2, 0.25) is 0 Å². The highest BCUT2D eigenvalue weighted by Crippen LogP contribution is 2.32. The summed E-state index contributed by atoms with van der Waals surface area (Å²) in [5.74, 6) is 2.19. The Morgan fingerprint density at radius 3 is 2.56 bits per heavy atom. The number of rotatable bonds is 7. The highest BCUT2D eigenvalue weighted by atomic mass is 32.2. The summed E-state index contributed by atoms with van der Waals surface area (Å²) in [7, 11) is 0. The Kier molecular flexibility index (Phi) is 9.01. The molecule has 1 aliphatic heterocycles. The maximum absolute atomic E-state index is 7.62. The predicted octanol–water partition coefficient (Wildman–Crippen LogP) is 4.80. The number of piperidine rings is 1. The maximum Gasteiger partial charge on any atom is 0.134 e. The lowest BCUT2D eigenvalue weighted by Crippen LogP contribution is -2.33. The molecule has 0 aromatic heterocycles. The Labute approximate surface area is 168 Å². The van der Waals surface area contributed by atoms with Gasteiger partial charge in [0.1, 0.15) is 5.84 Å². The van der Waals surface area contributed by atoms with E-state index in [1.54, 1.807) is 12.4 Å². The van der Waals surface area contributed by atoms with E-state index in [0.29, 0.717) is 11.0 Å². The minimum Gasteiger partial charge on any atom is -0.347 e. The molecule has 0 radical (unpaired) electrons. The van der Waals surface area contributed by atoms with E-state index in [4.69, 9.17) is 10.4 Å². The van der Waals surface area contributed by atoms with Crippen LogP contribution in [0.15, 0.2) is 46.7 Å². The molecule has 5 nitrogen and oxygen atoms in total. The van der Waals surface area contributed by atoms with Crippen molar-refractivity contribution in [3.8, 4) is 0 Å². The van der Waals surface area contributed by atoms with Crippen LogP contribution in [0.3, 0.4) is 0 Å². The molecule has 2 fully saturated rings. The van der Waals surface area contributed by atoms with Crippen LogP contribution in [-0.4, -0.2) is 41.0 Å². The van der Waals surface area contributed by atoms with Crippen LogP contribution >= 0.6 is 11.9 Å². The third-order valence-corrected chi connectivity index (χ3v) is 6.09. The van der Waals surface area contributed by atoms with Gasteiger partial charge in [0, 0.05) is 24.9 Å². The molecule has 2 N–H and O–H groups in total. The van der Waals surface area contributed by atoms with Crippen LogP contribution in [0, 0.1) is 17.2 Å². The van der Waals surface area contributed by atoms with E-state index in [1.165, 1.54) is 31.2 Å². The van der Waals surface area contributed by atoms with Crippen molar-refractivity contribution < 1.29 is 0 Å². The topological polar surface area (TPSA) is 63.8 Å². The zero-order valence-corrected chi connectivity index (χ0v) is 17.5. The molecule has 0 aromatic rings. The van der Waals surface area contributed by atoms with Gasteiger partial charge in [-0.15, -0.1) is 0 Å². The Morgan fingerprint density at radius 1 is 1.26 bits per heavy atom. The number of hydrogen-bond donors (Lipinski definition) is 2.